The lowest BCUT2D eigenvalue weighted by Gasteiger charge is -2.17. The van der Waals surface area contributed by atoms with Gasteiger partial charge in [-0.15, -0.1) is 0 Å². The monoisotopic (exact) mass is 439 g/mol. The van der Waals surface area contributed by atoms with Gasteiger partial charge in [0, 0.05) is 28.3 Å². The van der Waals surface area contributed by atoms with E-state index >= 15 is 0 Å². The first-order valence-corrected chi connectivity index (χ1v) is 9.77. The van der Waals surface area contributed by atoms with Gasteiger partial charge in [-0.05, 0) is 24.6 Å². The Morgan fingerprint density at radius 3 is 2.79 bits per heavy atom. The van der Waals surface area contributed by atoms with E-state index in [1.54, 1.807) is 11.0 Å². The van der Waals surface area contributed by atoms with Crippen LogP contribution < -0.4 is 10.2 Å². The van der Waals surface area contributed by atoms with Gasteiger partial charge in [-0.3, -0.25) is 9.59 Å². The maximum Gasteiger partial charge on any atom is 0.239 e. The number of nitrogens with one attached hydrogen (secondary N) is 1. The standard InChI is InChI=1S/C21H18BrN3O3/c22-15-7-4-8-17(11-15)25-10-9-18(21(25)27)20(26)23-13-16-12-19(28-24-16)14-5-2-1-3-6-14/h1-8,11-12,18H,9-10,13H2,(H,23,26). The third-order valence-corrected chi connectivity index (χ3v) is 5.20. The molecular weight excluding hydrogens is 422 g/mol. The van der Waals surface area contributed by atoms with Crippen LogP contribution in [0.25, 0.3) is 11.3 Å². The number of carbonyl (C=O) groups is 2. The maximum absolute atomic E-state index is 12.7. The predicted molar refractivity (Wildman–Crippen MR) is 108 cm³/mol. The molecule has 0 spiro atoms. The zero-order valence-electron chi connectivity index (χ0n) is 15.0. The molecule has 1 fully saturated rings. The third-order valence-electron chi connectivity index (χ3n) is 4.70. The normalized spacial score (nSPS) is 16.4. The third kappa shape index (κ3) is 3.84. The molecule has 0 aliphatic carbocycles. The van der Waals surface area contributed by atoms with Crippen molar-refractivity contribution in [3.8, 4) is 11.3 Å². The lowest BCUT2D eigenvalue weighted by Crippen LogP contribution is -2.36. The Morgan fingerprint density at radius 2 is 2.00 bits per heavy atom. The largest absolute Gasteiger partial charge is 0.356 e. The Labute approximate surface area is 170 Å². The second kappa shape index (κ2) is 7.98. The number of hydrogen-bond acceptors (Lipinski definition) is 4. The Balaban J connectivity index is 1.37. The maximum atomic E-state index is 12.7. The van der Waals surface area contributed by atoms with Gasteiger partial charge in [0.25, 0.3) is 0 Å². The van der Waals surface area contributed by atoms with E-state index in [2.05, 4.69) is 26.4 Å². The quantitative estimate of drug-likeness (QED) is 0.613. The lowest BCUT2D eigenvalue weighted by molar-refractivity contribution is -0.132. The summed E-state index contributed by atoms with van der Waals surface area (Å²) >= 11 is 3.41. The molecule has 1 N–H and O–H groups in total. The molecule has 6 nitrogen and oxygen atoms in total. The van der Waals surface area contributed by atoms with Crippen molar-refractivity contribution in [2.45, 2.75) is 13.0 Å². The summed E-state index contributed by atoms with van der Waals surface area (Å²) < 4.78 is 6.23. The number of nitrogens with zero attached hydrogens (tertiary/aromatic N) is 2. The summed E-state index contributed by atoms with van der Waals surface area (Å²) in [5.41, 5.74) is 2.32. The molecule has 1 aliphatic heterocycles. The van der Waals surface area contributed by atoms with E-state index < -0.39 is 5.92 Å². The highest BCUT2D eigenvalue weighted by molar-refractivity contribution is 9.10. The number of hydrogen-bond donors (Lipinski definition) is 1. The van der Waals surface area contributed by atoms with Gasteiger partial charge in [-0.25, -0.2) is 0 Å². The number of carbonyl (C=O) groups excluding carboxylic acids is 2. The molecule has 1 aromatic heterocycles. The Hall–Kier alpha value is -2.93. The number of rotatable bonds is 5. The first kappa shape index (κ1) is 18.4. The highest BCUT2D eigenvalue weighted by atomic mass is 79.9. The molecule has 142 valence electrons. The second-order valence-electron chi connectivity index (χ2n) is 6.58. The fourth-order valence-electron chi connectivity index (χ4n) is 3.26. The molecule has 7 heteroatoms. The highest BCUT2D eigenvalue weighted by Crippen LogP contribution is 2.27. The average Bonchev–Trinajstić information content (AvgIpc) is 3.34. The van der Waals surface area contributed by atoms with Gasteiger partial charge in [0.1, 0.15) is 11.6 Å². The van der Waals surface area contributed by atoms with Gasteiger partial charge in [0.05, 0.1) is 6.54 Å². The van der Waals surface area contributed by atoms with E-state index in [9.17, 15) is 9.59 Å². The van der Waals surface area contributed by atoms with Crippen LogP contribution in [0.1, 0.15) is 12.1 Å². The van der Waals surface area contributed by atoms with E-state index in [-0.39, 0.29) is 18.4 Å². The van der Waals surface area contributed by atoms with Crippen LogP contribution in [0, 0.1) is 5.92 Å². The van der Waals surface area contributed by atoms with Crippen LogP contribution in [0.3, 0.4) is 0 Å². The molecule has 1 aliphatic rings. The van der Waals surface area contributed by atoms with Gasteiger partial charge in [0.2, 0.25) is 11.8 Å². The van der Waals surface area contributed by atoms with Crippen molar-refractivity contribution < 1.29 is 14.1 Å². The summed E-state index contributed by atoms with van der Waals surface area (Å²) in [7, 11) is 0. The highest BCUT2D eigenvalue weighted by Gasteiger charge is 2.37. The number of benzene rings is 2. The molecule has 2 amide bonds. The number of amides is 2. The molecule has 1 atom stereocenters. The van der Waals surface area contributed by atoms with Crippen molar-refractivity contribution in [1.82, 2.24) is 10.5 Å². The molecule has 3 aromatic rings. The van der Waals surface area contributed by atoms with E-state index in [1.807, 2.05) is 54.6 Å². The van der Waals surface area contributed by atoms with Gasteiger partial charge < -0.3 is 14.7 Å². The van der Waals surface area contributed by atoms with E-state index in [0.717, 1.165) is 15.7 Å². The average molecular weight is 440 g/mol. The minimum atomic E-state index is -0.681. The van der Waals surface area contributed by atoms with Gasteiger partial charge in [0.15, 0.2) is 5.76 Å². The molecular formula is C21H18BrN3O3. The van der Waals surface area contributed by atoms with Gasteiger partial charge >= 0.3 is 0 Å². The molecule has 4 rings (SSSR count). The summed E-state index contributed by atoms with van der Waals surface area (Å²) in [6.07, 6.45) is 0.491. The van der Waals surface area contributed by atoms with Crippen molar-refractivity contribution in [1.29, 1.82) is 0 Å². The Kier molecular flexibility index (Phi) is 5.25. The number of anilines is 1. The van der Waals surface area contributed by atoms with Crippen molar-refractivity contribution >= 4 is 33.4 Å². The van der Waals surface area contributed by atoms with Crippen molar-refractivity contribution in [3.63, 3.8) is 0 Å². The molecule has 2 heterocycles. The minimum absolute atomic E-state index is 0.180. The molecule has 0 saturated carbocycles. The summed E-state index contributed by atoms with van der Waals surface area (Å²) in [4.78, 5) is 26.8. The van der Waals surface area contributed by atoms with E-state index in [0.29, 0.717) is 24.4 Å². The molecule has 1 saturated heterocycles. The zero-order valence-corrected chi connectivity index (χ0v) is 16.6. The molecule has 28 heavy (non-hydrogen) atoms. The summed E-state index contributed by atoms with van der Waals surface area (Å²) in [5, 5.41) is 6.79. The fraction of sp³-hybridized carbons (Fsp3) is 0.190. The van der Waals surface area contributed by atoms with Crippen LogP contribution in [0.15, 0.2) is 69.7 Å². The van der Waals surface area contributed by atoms with Crippen LogP contribution in [0.5, 0.6) is 0 Å². The Bertz CT molecular complexity index is 1000. The van der Waals surface area contributed by atoms with Gasteiger partial charge in [-0.2, -0.15) is 0 Å². The predicted octanol–water partition coefficient (Wildman–Crippen LogP) is 3.77. The van der Waals surface area contributed by atoms with Crippen LogP contribution in [0.2, 0.25) is 0 Å². The summed E-state index contributed by atoms with van der Waals surface area (Å²) in [6.45, 7) is 0.741. The van der Waals surface area contributed by atoms with Crippen LogP contribution in [-0.4, -0.2) is 23.5 Å². The van der Waals surface area contributed by atoms with Crippen LogP contribution in [-0.2, 0) is 16.1 Å². The Morgan fingerprint density at radius 1 is 1.18 bits per heavy atom. The topological polar surface area (TPSA) is 75.4 Å². The minimum Gasteiger partial charge on any atom is -0.356 e. The fourth-order valence-corrected chi connectivity index (χ4v) is 3.65. The van der Waals surface area contributed by atoms with Gasteiger partial charge in [-0.1, -0.05) is 57.5 Å². The van der Waals surface area contributed by atoms with E-state index in [1.165, 1.54) is 0 Å². The van der Waals surface area contributed by atoms with E-state index in [4.69, 9.17) is 4.52 Å². The van der Waals surface area contributed by atoms with Crippen LogP contribution >= 0.6 is 15.9 Å². The first-order valence-electron chi connectivity index (χ1n) is 8.97. The number of aromatic nitrogens is 1. The van der Waals surface area contributed by atoms with Crippen molar-refractivity contribution in [2.75, 3.05) is 11.4 Å². The SMILES string of the molecule is O=C(NCc1cc(-c2ccccc2)on1)C1CCN(c2cccc(Br)c2)C1=O. The smallest absolute Gasteiger partial charge is 0.239 e. The molecule has 0 radical (unpaired) electrons. The first-order chi connectivity index (χ1) is 13.6. The van der Waals surface area contributed by atoms with Crippen LogP contribution in [0.4, 0.5) is 5.69 Å². The van der Waals surface area contributed by atoms with Crippen molar-refractivity contribution in [3.05, 3.63) is 70.8 Å². The summed E-state index contributed by atoms with van der Waals surface area (Å²) in [5.74, 6) is -0.505. The number of halogens is 1. The molecule has 0 bridgehead atoms. The lowest BCUT2D eigenvalue weighted by atomic mass is 10.1. The van der Waals surface area contributed by atoms with Crippen molar-refractivity contribution in [2.24, 2.45) is 5.92 Å². The zero-order chi connectivity index (χ0) is 19.5. The summed E-state index contributed by atoms with van der Waals surface area (Å²) in [6, 6.07) is 18.9. The molecule has 1 unspecified atom stereocenters. The second-order valence-corrected chi connectivity index (χ2v) is 7.49. The molecule has 2 aromatic carbocycles.